The van der Waals surface area contributed by atoms with Gasteiger partial charge in [0.15, 0.2) is 5.96 Å². The third kappa shape index (κ3) is 4.11. The summed E-state index contributed by atoms with van der Waals surface area (Å²) in [5.41, 5.74) is 3.79. The molecule has 3 rings (SSSR count). The second kappa shape index (κ2) is 8.25. The Morgan fingerprint density at radius 2 is 2.08 bits per heavy atom. The van der Waals surface area contributed by atoms with Gasteiger partial charge in [0.2, 0.25) is 0 Å². The van der Waals surface area contributed by atoms with Gasteiger partial charge >= 0.3 is 0 Å². The summed E-state index contributed by atoms with van der Waals surface area (Å²) in [5.74, 6) is 1.77. The van der Waals surface area contributed by atoms with Crippen molar-refractivity contribution in [2.45, 2.75) is 51.5 Å². The van der Waals surface area contributed by atoms with E-state index in [-0.39, 0.29) is 5.41 Å². The van der Waals surface area contributed by atoms with Crippen molar-refractivity contribution in [3.05, 3.63) is 51.3 Å². The monoisotopic (exact) mass is 418 g/mol. The van der Waals surface area contributed by atoms with Gasteiger partial charge in [0.1, 0.15) is 5.76 Å². The number of nitrogens with zero attached hydrogens (tertiary/aromatic N) is 2. The van der Waals surface area contributed by atoms with Crippen LogP contribution in [-0.2, 0) is 24.8 Å². The summed E-state index contributed by atoms with van der Waals surface area (Å²) in [6.45, 7) is 5.75. The average Bonchev–Trinajstić information content (AvgIpc) is 3.35. The number of aryl methyl sites for hydroxylation is 2. The summed E-state index contributed by atoms with van der Waals surface area (Å²) >= 11 is 3.58. The van der Waals surface area contributed by atoms with Gasteiger partial charge in [0, 0.05) is 42.0 Å². The molecule has 1 aliphatic carbocycles. The van der Waals surface area contributed by atoms with Crippen molar-refractivity contribution in [1.29, 1.82) is 0 Å². The molecule has 0 aliphatic heterocycles. The number of hydrogen-bond donors (Lipinski definition) is 2. The second-order valence-electron chi connectivity index (χ2n) is 6.81. The van der Waals surface area contributed by atoms with Gasteiger partial charge in [-0.2, -0.15) is 0 Å². The molecular weight excluding hydrogens is 392 g/mol. The number of halogens is 1. The molecule has 1 saturated carbocycles. The van der Waals surface area contributed by atoms with Gasteiger partial charge in [-0.05, 0) is 37.0 Å². The summed E-state index contributed by atoms with van der Waals surface area (Å²) in [7, 11) is 1.81. The number of hydrogen-bond acceptors (Lipinski definition) is 3. The van der Waals surface area contributed by atoms with Crippen LogP contribution in [-0.4, -0.2) is 24.7 Å². The number of aliphatic imine (C=N–C) groups is 1. The fourth-order valence-electron chi connectivity index (χ4n) is 3.32. The molecule has 140 valence electrons. The Labute approximate surface area is 163 Å². The van der Waals surface area contributed by atoms with Gasteiger partial charge in [-0.25, -0.2) is 0 Å². The van der Waals surface area contributed by atoms with Crippen LogP contribution >= 0.6 is 15.9 Å². The molecule has 2 N–H and O–H groups in total. The maximum absolute atomic E-state index is 5.44. The Bertz CT molecular complexity index is 758. The minimum Gasteiger partial charge on any atom is -0.361 e. The molecular formula is C20H27BrN4O. The molecule has 6 heteroatoms. The lowest BCUT2D eigenvalue weighted by Crippen LogP contribution is -2.41. The molecule has 1 aromatic carbocycles. The van der Waals surface area contributed by atoms with Gasteiger partial charge in [-0.15, -0.1) is 0 Å². The van der Waals surface area contributed by atoms with E-state index in [1.54, 1.807) is 0 Å². The van der Waals surface area contributed by atoms with Gasteiger partial charge in [-0.1, -0.05) is 47.1 Å². The highest BCUT2D eigenvalue weighted by molar-refractivity contribution is 9.10. The van der Waals surface area contributed by atoms with Crippen LogP contribution in [0.2, 0.25) is 0 Å². The number of rotatable bonds is 7. The minimum absolute atomic E-state index is 0.224. The third-order valence-electron chi connectivity index (χ3n) is 5.15. The molecule has 0 saturated heterocycles. The van der Waals surface area contributed by atoms with Crippen molar-refractivity contribution in [1.82, 2.24) is 15.8 Å². The Morgan fingerprint density at radius 3 is 2.69 bits per heavy atom. The van der Waals surface area contributed by atoms with E-state index in [1.165, 1.54) is 18.4 Å². The number of guanidine groups is 1. The molecule has 26 heavy (non-hydrogen) atoms. The van der Waals surface area contributed by atoms with Gasteiger partial charge in [-0.3, -0.25) is 4.99 Å². The Kier molecular flexibility index (Phi) is 6.01. The van der Waals surface area contributed by atoms with Crippen molar-refractivity contribution < 1.29 is 4.52 Å². The molecule has 0 spiro atoms. The standard InChI is InChI=1S/C20H27BrN4O/c1-4-17-16(18(5-2)26-25-17)12-23-19(22-3)24-13-20(9-10-20)14-7-6-8-15(21)11-14/h6-8,11H,4-5,9-10,12-13H2,1-3H3,(H2,22,23,24). The van der Waals surface area contributed by atoms with E-state index in [1.807, 2.05) is 7.05 Å². The van der Waals surface area contributed by atoms with Gasteiger partial charge < -0.3 is 15.2 Å². The van der Waals surface area contributed by atoms with Crippen LogP contribution in [0.25, 0.3) is 0 Å². The van der Waals surface area contributed by atoms with Crippen molar-refractivity contribution in [3.63, 3.8) is 0 Å². The molecule has 1 aromatic heterocycles. The summed E-state index contributed by atoms with van der Waals surface area (Å²) < 4.78 is 6.57. The molecule has 0 amide bonds. The first-order valence-electron chi connectivity index (χ1n) is 9.28. The summed E-state index contributed by atoms with van der Waals surface area (Å²) in [6, 6.07) is 8.62. The molecule has 1 fully saturated rings. The molecule has 0 atom stereocenters. The van der Waals surface area contributed by atoms with E-state index in [4.69, 9.17) is 4.52 Å². The van der Waals surface area contributed by atoms with Crippen molar-refractivity contribution >= 4 is 21.9 Å². The fraction of sp³-hybridized carbons (Fsp3) is 0.500. The second-order valence-corrected chi connectivity index (χ2v) is 7.72. The Hall–Kier alpha value is -1.82. The van der Waals surface area contributed by atoms with Crippen molar-refractivity contribution in [2.24, 2.45) is 4.99 Å². The van der Waals surface area contributed by atoms with Crippen LogP contribution in [0.3, 0.4) is 0 Å². The normalized spacial score (nSPS) is 15.8. The van der Waals surface area contributed by atoms with E-state index in [0.717, 1.165) is 46.8 Å². The van der Waals surface area contributed by atoms with Crippen LogP contribution in [0.15, 0.2) is 38.3 Å². The highest BCUT2D eigenvalue weighted by atomic mass is 79.9. The molecule has 0 radical (unpaired) electrons. The highest BCUT2D eigenvalue weighted by Gasteiger charge is 2.44. The average molecular weight is 419 g/mol. The van der Waals surface area contributed by atoms with Crippen molar-refractivity contribution in [2.75, 3.05) is 13.6 Å². The largest absolute Gasteiger partial charge is 0.361 e. The topological polar surface area (TPSA) is 62.5 Å². The highest BCUT2D eigenvalue weighted by Crippen LogP contribution is 2.48. The first-order chi connectivity index (χ1) is 12.6. The summed E-state index contributed by atoms with van der Waals surface area (Å²) in [6.07, 6.45) is 4.14. The molecule has 1 aliphatic rings. The zero-order chi connectivity index (χ0) is 18.6. The van der Waals surface area contributed by atoms with E-state index in [9.17, 15) is 0 Å². The van der Waals surface area contributed by atoms with Crippen LogP contribution < -0.4 is 10.6 Å². The molecule has 5 nitrogen and oxygen atoms in total. The molecule has 0 unspecified atom stereocenters. The number of nitrogens with one attached hydrogen (secondary N) is 2. The van der Waals surface area contributed by atoms with Crippen LogP contribution in [0.5, 0.6) is 0 Å². The lowest BCUT2D eigenvalue weighted by atomic mass is 9.96. The summed E-state index contributed by atoms with van der Waals surface area (Å²) in [5, 5.41) is 11.1. The van der Waals surface area contributed by atoms with Crippen molar-refractivity contribution in [3.8, 4) is 0 Å². The SMILES string of the molecule is CCc1noc(CC)c1CNC(=NC)NCC1(c2cccc(Br)c2)CC1. The zero-order valence-corrected chi connectivity index (χ0v) is 17.3. The summed E-state index contributed by atoms with van der Waals surface area (Å²) in [4.78, 5) is 4.37. The van der Waals surface area contributed by atoms with E-state index in [0.29, 0.717) is 6.54 Å². The zero-order valence-electron chi connectivity index (χ0n) is 15.7. The first kappa shape index (κ1) is 19.0. The molecule has 0 bridgehead atoms. The lowest BCUT2D eigenvalue weighted by molar-refractivity contribution is 0.380. The van der Waals surface area contributed by atoms with E-state index >= 15 is 0 Å². The maximum Gasteiger partial charge on any atom is 0.191 e. The van der Waals surface area contributed by atoms with Crippen LogP contribution in [0.1, 0.15) is 49.3 Å². The maximum atomic E-state index is 5.44. The van der Waals surface area contributed by atoms with Crippen LogP contribution in [0, 0.1) is 0 Å². The molecule has 2 aromatic rings. The quantitative estimate of drug-likeness (QED) is 0.527. The molecule has 1 heterocycles. The Balaban J connectivity index is 1.60. The first-order valence-corrected chi connectivity index (χ1v) is 10.1. The van der Waals surface area contributed by atoms with Gasteiger partial charge in [0.25, 0.3) is 0 Å². The predicted octanol–water partition coefficient (Wildman–Crippen LogP) is 3.96. The third-order valence-corrected chi connectivity index (χ3v) is 5.64. The van der Waals surface area contributed by atoms with Crippen LogP contribution in [0.4, 0.5) is 0 Å². The smallest absolute Gasteiger partial charge is 0.191 e. The van der Waals surface area contributed by atoms with E-state index in [2.05, 4.69) is 74.8 Å². The Morgan fingerprint density at radius 1 is 1.27 bits per heavy atom. The lowest BCUT2D eigenvalue weighted by Gasteiger charge is -2.19. The van der Waals surface area contributed by atoms with Gasteiger partial charge in [0.05, 0.1) is 5.69 Å². The fourth-order valence-corrected chi connectivity index (χ4v) is 3.72. The predicted molar refractivity (Wildman–Crippen MR) is 109 cm³/mol. The van der Waals surface area contributed by atoms with E-state index < -0.39 is 0 Å². The number of benzene rings is 1. The number of aromatic nitrogens is 1. The minimum atomic E-state index is 0.224.